The van der Waals surface area contributed by atoms with Gasteiger partial charge in [-0.15, -0.1) is 24.8 Å². The fourth-order valence-corrected chi connectivity index (χ4v) is 2.40. The predicted molar refractivity (Wildman–Crippen MR) is 92.5 cm³/mol. The van der Waals surface area contributed by atoms with Gasteiger partial charge in [0.15, 0.2) is 0 Å². The van der Waals surface area contributed by atoms with E-state index in [1.807, 2.05) is 0 Å². The Labute approximate surface area is 139 Å². The van der Waals surface area contributed by atoms with Crippen molar-refractivity contribution >= 4 is 36.4 Å². The molecule has 3 N–H and O–H groups in total. The molecule has 4 nitrogen and oxygen atoms in total. The van der Waals surface area contributed by atoms with E-state index in [0.717, 1.165) is 25.6 Å². The first-order chi connectivity index (χ1) is 9.15. The Morgan fingerprint density at radius 1 is 1.33 bits per heavy atom. The summed E-state index contributed by atoms with van der Waals surface area (Å²) < 4.78 is 0. The number of likely N-dealkylation sites (tertiary alicyclic amines) is 1. The second kappa shape index (κ2) is 9.87. The molecule has 1 aliphatic rings. The van der Waals surface area contributed by atoms with E-state index in [-0.39, 0.29) is 30.7 Å². The molecule has 6 heteroatoms. The highest BCUT2D eigenvalue weighted by atomic mass is 35.5. The third kappa shape index (κ3) is 6.55. The lowest BCUT2D eigenvalue weighted by molar-refractivity contribution is 0.0944. The van der Waals surface area contributed by atoms with Gasteiger partial charge in [0, 0.05) is 24.3 Å². The summed E-state index contributed by atoms with van der Waals surface area (Å²) in [5.74, 6) is 0.802. The number of nitrogens with two attached hydrogens (primary N) is 1. The number of carbonyl (C=O) groups excluding carboxylic acids is 1. The van der Waals surface area contributed by atoms with Crippen molar-refractivity contribution in [3.05, 3.63) is 29.8 Å². The van der Waals surface area contributed by atoms with Gasteiger partial charge in [-0.3, -0.25) is 4.79 Å². The lowest BCUT2D eigenvalue weighted by Crippen LogP contribution is -2.39. The average Bonchev–Trinajstić information content (AvgIpc) is 2.41. The third-order valence-corrected chi connectivity index (χ3v) is 3.74. The molecule has 0 spiro atoms. The number of amides is 1. The van der Waals surface area contributed by atoms with E-state index in [1.165, 1.54) is 12.8 Å². The standard InChI is InChI=1S/C15H23N3O.2ClH/c1-12-5-8-18(9-6-12)10-7-17-15(19)13-3-2-4-14(16)11-13;;/h2-4,11-12H,5-10,16H2,1H3,(H,17,19);2*1H. The molecule has 1 aliphatic heterocycles. The van der Waals surface area contributed by atoms with E-state index in [2.05, 4.69) is 17.1 Å². The summed E-state index contributed by atoms with van der Waals surface area (Å²) in [5, 5.41) is 2.95. The molecule has 0 atom stereocenters. The molecule has 1 heterocycles. The molecule has 0 bridgehead atoms. The van der Waals surface area contributed by atoms with Crippen molar-refractivity contribution in [1.82, 2.24) is 10.2 Å². The minimum Gasteiger partial charge on any atom is -0.399 e. The van der Waals surface area contributed by atoms with E-state index in [4.69, 9.17) is 5.73 Å². The van der Waals surface area contributed by atoms with E-state index >= 15 is 0 Å². The Balaban J connectivity index is 0.00000200. The fourth-order valence-electron chi connectivity index (χ4n) is 2.40. The Morgan fingerprint density at radius 2 is 2.00 bits per heavy atom. The van der Waals surface area contributed by atoms with Crippen molar-refractivity contribution in [3.8, 4) is 0 Å². The molecule has 21 heavy (non-hydrogen) atoms. The fraction of sp³-hybridized carbons (Fsp3) is 0.533. The number of rotatable bonds is 4. The third-order valence-electron chi connectivity index (χ3n) is 3.74. The van der Waals surface area contributed by atoms with E-state index in [1.54, 1.807) is 24.3 Å². The maximum absolute atomic E-state index is 11.9. The molecule has 0 radical (unpaired) electrons. The number of nitrogens with one attached hydrogen (secondary N) is 1. The summed E-state index contributed by atoms with van der Waals surface area (Å²) in [6.45, 7) is 6.23. The Hall–Kier alpha value is -0.970. The summed E-state index contributed by atoms with van der Waals surface area (Å²) >= 11 is 0. The Kier molecular flexibility index (Phi) is 9.42. The number of halogens is 2. The minimum absolute atomic E-state index is 0. The van der Waals surface area contributed by atoms with Crippen molar-refractivity contribution in [3.63, 3.8) is 0 Å². The quantitative estimate of drug-likeness (QED) is 0.832. The van der Waals surface area contributed by atoms with Crippen LogP contribution in [-0.2, 0) is 0 Å². The van der Waals surface area contributed by atoms with Gasteiger partial charge in [0.25, 0.3) is 5.91 Å². The average molecular weight is 334 g/mol. The zero-order valence-electron chi connectivity index (χ0n) is 12.4. The first kappa shape index (κ1) is 20.0. The van der Waals surface area contributed by atoms with Crippen LogP contribution in [0.4, 0.5) is 5.69 Å². The van der Waals surface area contributed by atoms with Crippen LogP contribution < -0.4 is 11.1 Å². The number of benzene rings is 1. The molecule has 0 aromatic heterocycles. The molecule has 1 amide bonds. The zero-order valence-corrected chi connectivity index (χ0v) is 14.0. The van der Waals surface area contributed by atoms with Crippen LogP contribution in [0.3, 0.4) is 0 Å². The van der Waals surface area contributed by atoms with Gasteiger partial charge in [-0.1, -0.05) is 13.0 Å². The lowest BCUT2D eigenvalue weighted by atomic mass is 9.99. The van der Waals surface area contributed by atoms with Gasteiger partial charge < -0.3 is 16.0 Å². The molecular formula is C15H25Cl2N3O. The summed E-state index contributed by atoms with van der Waals surface area (Å²) in [5.41, 5.74) is 6.92. The summed E-state index contributed by atoms with van der Waals surface area (Å²) in [6.07, 6.45) is 2.53. The van der Waals surface area contributed by atoms with Crippen molar-refractivity contribution in [2.24, 2.45) is 5.92 Å². The molecule has 0 unspecified atom stereocenters. The second-order valence-electron chi connectivity index (χ2n) is 5.41. The van der Waals surface area contributed by atoms with Gasteiger partial charge in [-0.25, -0.2) is 0 Å². The van der Waals surface area contributed by atoms with Gasteiger partial charge in [0.1, 0.15) is 0 Å². The van der Waals surface area contributed by atoms with Crippen molar-refractivity contribution in [2.75, 3.05) is 31.9 Å². The highest BCUT2D eigenvalue weighted by Gasteiger charge is 2.15. The van der Waals surface area contributed by atoms with E-state index < -0.39 is 0 Å². The van der Waals surface area contributed by atoms with Crippen LogP contribution >= 0.6 is 24.8 Å². The van der Waals surface area contributed by atoms with Crippen molar-refractivity contribution < 1.29 is 4.79 Å². The number of nitrogens with zero attached hydrogens (tertiary/aromatic N) is 1. The zero-order chi connectivity index (χ0) is 13.7. The molecule has 2 rings (SSSR count). The first-order valence-electron chi connectivity index (χ1n) is 7.01. The molecule has 1 fully saturated rings. The van der Waals surface area contributed by atoms with E-state index in [0.29, 0.717) is 17.8 Å². The highest BCUT2D eigenvalue weighted by Crippen LogP contribution is 2.15. The number of piperidine rings is 1. The first-order valence-corrected chi connectivity index (χ1v) is 7.01. The van der Waals surface area contributed by atoms with Gasteiger partial charge in [-0.05, 0) is 50.0 Å². The SMILES string of the molecule is CC1CCN(CCNC(=O)c2cccc(N)c2)CC1.Cl.Cl. The molecule has 1 saturated heterocycles. The Bertz CT molecular complexity index is 435. The largest absolute Gasteiger partial charge is 0.399 e. The Morgan fingerprint density at radius 3 is 2.62 bits per heavy atom. The highest BCUT2D eigenvalue weighted by molar-refractivity contribution is 5.94. The molecular weight excluding hydrogens is 309 g/mol. The summed E-state index contributed by atoms with van der Waals surface area (Å²) in [4.78, 5) is 14.3. The number of carbonyl (C=O) groups is 1. The molecule has 0 aliphatic carbocycles. The van der Waals surface area contributed by atoms with Crippen LogP contribution in [0.5, 0.6) is 0 Å². The maximum Gasteiger partial charge on any atom is 0.251 e. The van der Waals surface area contributed by atoms with Crippen LogP contribution in [0.15, 0.2) is 24.3 Å². The van der Waals surface area contributed by atoms with Crippen LogP contribution in [0.25, 0.3) is 0 Å². The van der Waals surface area contributed by atoms with Crippen LogP contribution in [0, 0.1) is 5.92 Å². The van der Waals surface area contributed by atoms with Gasteiger partial charge in [0.05, 0.1) is 0 Å². The van der Waals surface area contributed by atoms with Crippen LogP contribution in [0.1, 0.15) is 30.1 Å². The second-order valence-corrected chi connectivity index (χ2v) is 5.41. The monoisotopic (exact) mass is 333 g/mol. The number of anilines is 1. The lowest BCUT2D eigenvalue weighted by Gasteiger charge is -2.30. The summed E-state index contributed by atoms with van der Waals surface area (Å²) in [7, 11) is 0. The van der Waals surface area contributed by atoms with Gasteiger partial charge in [-0.2, -0.15) is 0 Å². The van der Waals surface area contributed by atoms with Gasteiger partial charge in [0.2, 0.25) is 0 Å². The number of hydrogen-bond donors (Lipinski definition) is 2. The van der Waals surface area contributed by atoms with Crippen LogP contribution in [0.2, 0.25) is 0 Å². The number of hydrogen-bond acceptors (Lipinski definition) is 3. The predicted octanol–water partition coefficient (Wildman–Crippen LogP) is 2.57. The van der Waals surface area contributed by atoms with E-state index in [9.17, 15) is 4.79 Å². The molecule has 120 valence electrons. The minimum atomic E-state index is -0.0438. The van der Waals surface area contributed by atoms with Gasteiger partial charge >= 0.3 is 0 Å². The molecule has 1 aromatic carbocycles. The van der Waals surface area contributed by atoms with Crippen molar-refractivity contribution in [1.29, 1.82) is 0 Å². The number of nitrogen functional groups attached to an aromatic ring is 1. The summed E-state index contributed by atoms with van der Waals surface area (Å²) in [6, 6.07) is 7.08. The molecule has 1 aromatic rings. The topological polar surface area (TPSA) is 58.4 Å². The van der Waals surface area contributed by atoms with Crippen molar-refractivity contribution in [2.45, 2.75) is 19.8 Å². The molecule has 0 saturated carbocycles. The van der Waals surface area contributed by atoms with Crippen LogP contribution in [-0.4, -0.2) is 37.0 Å². The normalized spacial score (nSPS) is 15.7. The maximum atomic E-state index is 11.9. The smallest absolute Gasteiger partial charge is 0.251 e.